The van der Waals surface area contributed by atoms with Crippen molar-refractivity contribution >= 4 is 25.2 Å². The van der Waals surface area contributed by atoms with Gasteiger partial charge in [-0.1, -0.05) is 7.43 Å². The van der Waals surface area contributed by atoms with Crippen LogP contribution in [0.25, 0.3) is 0 Å². The highest BCUT2D eigenvalue weighted by atomic mass is 28.5. The summed E-state index contributed by atoms with van der Waals surface area (Å²) in [6.07, 6.45) is 2.11. The van der Waals surface area contributed by atoms with Crippen molar-refractivity contribution in [3.63, 3.8) is 0 Å². The molecule has 0 unspecified atom stereocenters. The second-order valence-corrected chi connectivity index (χ2v) is 19.4. The maximum absolute atomic E-state index is 6.45. The summed E-state index contributed by atoms with van der Waals surface area (Å²) in [5.74, 6) is 0. The van der Waals surface area contributed by atoms with Crippen molar-refractivity contribution in [3.05, 3.63) is 0 Å². The third-order valence-electron chi connectivity index (χ3n) is 3.01. The Labute approximate surface area is 130 Å². The Morgan fingerprint density at radius 2 is 1.00 bits per heavy atom. The zero-order valence-corrected chi connectivity index (χ0v) is 16.7. The summed E-state index contributed by atoms with van der Waals surface area (Å²) >= 11 is 0. The molecule has 0 bridgehead atoms. The molecule has 0 heterocycles. The molecule has 0 saturated heterocycles. The Kier molecular flexibility index (Phi) is 10.8. The molecule has 0 rings (SSSR count). The van der Waals surface area contributed by atoms with E-state index < -0.39 is 25.2 Å². The zero-order chi connectivity index (χ0) is 15.2. The van der Waals surface area contributed by atoms with Gasteiger partial charge in [0.05, 0.1) is 0 Å². The Balaban J connectivity index is 0. The molecule has 0 aromatic rings. The van der Waals surface area contributed by atoms with Crippen LogP contribution in [0, 0.1) is 0 Å². The fourth-order valence-corrected chi connectivity index (χ4v) is 16.6. The van der Waals surface area contributed by atoms with Gasteiger partial charge in [-0.3, -0.25) is 0 Å². The highest BCUT2D eigenvalue weighted by molar-refractivity contribution is 6.87. The molecule has 4 nitrogen and oxygen atoms in total. The van der Waals surface area contributed by atoms with Crippen LogP contribution >= 0.6 is 0 Å². The van der Waals surface area contributed by atoms with Gasteiger partial charge in [0.1, 0.15) is 0 Å². The lowest BCUT2D eigenvalue weighted by Crippen LogP contribution is -2.52. The molecule has 0 aromatic carbocycles. The highest BCUT2D eigenvalue weighted by Crippen LogP contribution is 2.25. The third kappa shape index (κ3) is 11.2. The van der Waals surface area contributed by atoms with E-state index >= 15 is 0 Å². The molecule has 0 atom stereocenters. The summed E-state index contributed by atoms with van der Waals surface area (Å²) in [6, 6.07) is 2.24. The molecule has 0 aromatic heterocycles. The molecule has 20 heavy (non-hydrogen) atoms. The molecule has 0 saturated carbocycles. The van der Waals surface area contributed by atoms with Crippen molar-refractivity contribution in [2.24, 2.45) is 11.5 Å². The van der Waals surface area contributed by atoms with E-state index in [0.717, 1.165) is 38.0 Å². The molecule has 0 fully saturated rings. The Morgan fingerprint density at radius 1 is 0.700 bits per heavy atom. The first-order valence-electron chi connectivity index (χ1n) is 7.34. The van der Waals surface area contributed by atoms with E-state index in [1.165, 1.54) is 0 Å². The molecular weight excluding hydrogens is 300 g/mol. The van der Waals surface area contributed by atoms with Crippen molar-refractivity contribution < 1.29 is 8.23 Å². The van der Waals surface area contributed by atoms with Crippen molar-refractivity contribution in [1.82, 2.24) is 0 Å². The van der Waals surface area contributed by atoms with Gasteiger partial charge in [0.25, 0.3) is 0 Å². The first kappa shape index (κ1) is 22.8. The van der Waals surface area contributed by atoms with E-state index in [-0.39, 0.29) is 7.43 Å². The number of rotatable bonds is 10. The van der Waals surface area contributed by atoms with Crippen molar-refractivity contribution in [2.75, 3.05) is 13.1 Å². The summed E-state index contributed by atoms with van der Waals surface area (Å²) in [6.45, 7) is 15.0. The summed E-state index contributed by atoms with van der Waals surface area (Å²) in [5.41, 5.74) is 11.2. The van der Waals surface area contributed by atoms with Crippen LogP contribution < -0.4 is 11.5 Å². The number of hydrogen-bond acceptors (Lipinski definition) is 4. The van der Waals surface area contributed by atoms with E-state index in [2.05, 4.69) is 39.3 Å². The van der Waals surface area contributed by atoms with Gasteiger partial charge in [0.2, 0.25) is 0 Å². The predicted octanol–water partition coefficient (Wildman–Crippen LogP) is 3.47. The Morgan fingerprint density at radius 3 is 1.25 bits per heavy atom. The van der Waals surface area contributed by atoms with E-state index in [1.54, 1.807) is 0 Å². The first-order valence-corrected chi connectivity index (χ1v) is 16.4. The summed E-state index contributed by atoms with van der Waals surface area (Å²) in [4.78, 5) is 0. The first-order chi connectivity index (χ1) is 8.54. The average molecular weight is 339 g/mol. The van der Waals surface area contributed by atoms with E-state index in [9.17, 15) is 0 Å². The van der Waals surface area contributed by atoms with Crippen molar-refractivity contribution in [1.29, 1.82) is 0 Å². The molecule has 0 aliphatic carbocycles. The van der Waals surface area contributed by atoms with Gasteiger partial charge in [0.15, 0.2) is 16.6 Å². The molecule has 7 heteroatoms. The lowest BCUT2D eigenvalue weighted by Gasteiger charge is -2.38. The number of hydrogen-bond donors (Lipinski definition) is 2. The molecule has 0 amide bonds. The van der Waals surface area contributed by atoms with E-state index in [0.29, 0.717) is 0 Å². The topological polar surface area (TPSA) is 70.5 Å². The number of nitrogens with two attached hydrogens (primary N) is 2. The molecular formula is C13H38N2O2Si3. The van der Waals surface area contributed by atoms with Crippen LogP contribution in [-0.4, -0.2) is 38.3 Å². The van der Waals surface area contributed by atoms with Crippen LogP contribution in [0.1, 0.15) is 20.3 Å². The van der Waals surface area contributed by atoms with Gasteiger partial charge >= 0.3 is 8.56 Å². The minimum absolute atomic E-state index is 0. The molecule has 0 radical (unpaired) electrons. The second-order valence-electron chi connectivity index (χ2n) is 6.91. The van der Waals surface area contributed by atoms with Crippen LogP contribution in [0.4, 0.5) is 0 Å². The standard InChI is InChI=1S/C12H34N2O2Si3.CH4/c1-17(2,11-7-9-13)15-19(5,6)16-18(3,4)12-8-10-14;/h7-14H2,1-6H3;1H4. The highest BCUT2D eigenvalue weighted by Gasteiger charge is 2.38. The fraction of sp³-hybridized carbons (Fsp3) is 1.00. The SMILES string of the molecule is C.C[Si](C)(CCCN)O[Si](C)(C)O[Si](C)(C)CCCN. The third-order valence-corrected chi connectivity index (χ3v) is 14.5. The van der Waals surface area contributed by atoms with Crippen LogP contribution in [0.5, 0.6) is 0 Å². The maximum atomic E-state index is 6.45. The van der Waals surface area contributed by atoms with Gasteiger partial charge in [-0.25, -0.2) is 0 Å². The van der Waals surface area contributed by atoms with Gasteiger partial charge < -0.3 is 19.7 Å². The largest absolute Gasteiger partial charge is 0.437 e. The zero-order valence-electron chi connectivity index (χ0n) is 13.7. The molecule has 0 aliphatic rings. The van der Waals surface area contributed by atoms with Crippen LogP contribution in [0.3, 0.4) is 0 Å². The minimum atomic E-state index is -2.03. The molecule has 4 N–H and O–H groups in total. The molecule has 124 valence electrons. The predicted molar refractivity (Wildman–Crippen MR) is 98.3 cm³/mol. The van der Waals surface area contributed by atoms with Gasteiger partial charge in [-0.15, -0.1) is 0 Å². The van der Waals surface area contributed by atoms with Gasteiger partial charge in [-0.2, -0.15) is 0 Å². The van der Waals surface area contributed by atoms with Gasteiger partial charge in [0, 0.05) is 0 Å². The lowest BCUT2D eigenvalue weighted by atomic mass is 10.5. The summed E-state index contributed by atoms with van der Waals surface area (Å²) < 4.78 is 12.9. The Hall–Kier alpha value is 0.491. The quantitative estimate of drug-likeness (QED) is 0.598. The lowest BCUT2D eigenvalue weighted by molar-refractivity contribution is 0.387. The smallest absolute Gasteiger partial charge is 0.311 e. The average Bonchev–Trinajstić information content (AvgIpc) is 2.20. The van der Waals surface area contributed by atoms with Crippen molar-refractivity contribution in [3.8, 4) is 0 Å². The van der Waals surface area contributed by atoms with Crippen LogP contribution in [-0.2, 0) is 8.23 Å². The molecule has 0 spiro atoms. The van der Waals surface area contributed by atoms with Gasteiger partial charge in [-0.05, 0) is 77.3 Å². The minimum Gasteiger partial charge on any atom is -0.437 e. The Bertz CT molecular complexity index is 238. The van der Waals surface area contributed by atoms with Crippen molar-refractivity contribution in [2.45, 2.75) is 71.6 Å². The van der Waals surface area contributed by atoms with Crippen LogP contribution in [0.2, 0.25) is 51.4 Å². The summed E-state index contributed by atoms with van der Waals surface area (Å²) in [5, 5.41) is 0. The normalized spacial score (nSPS) is 13.2. The van der Waals surface area contributed by atoms with E-state index in [1.807, 2.05) is 0 Å². The maximum Gasteiger partial charge on any atom is 0.311 e. The second kappa shape index (κ2) is 9.50. The summed E-state index contributed by atoms with van der Waals surface area (Å²) in [7, 11) is -5.31. The van der Waals surface area contributed by atoms with E-state index in [4.69, 9.17) is 19.7 Å². The monoisotopic (exact) mass is 338 g/mol. The van der Waals surface area contributed by atoms with Crippen LogP contribution in [0.15, 0.2) is 0 Å². The molecule has 0 aliphatic heterocycles. The fourth-order valence-electron chi connectivity index (χ4n) is 2.51.